The van der Waals surface area contributed by atoms with Crippen LogP contribution in [-0.2, 0) is 4.74 Å². The highest BCUT2D eigenvalue weighted by Crippen LogP contribution is 1.98. The van der Waals surface area contributed by atoms with E-state index in [-0.39, 0.29) is 0 Å². The molecule has 0 radical (unpaired) electrons. The molecular formula is C13H25NO. The average molecular weight is 211 g/mol. The predicted molar refractivity (Wildman–Crippen MR) is 67.2 cm³/mol. The topological polar surface area (TPSA) is 21.3 Å². The van der Waals surface area contributed by atoms with E-state index in [1.807, 2.05) is 12.2 Å². The van der Waals surface area contributed by atoms with Gasteiger partial charge in [0.15, 0.2) is 0 Å². The number of ether oxygens (including phenoxy) is 1. The third-order valence-electron chi connectivity index (χ3n) is 2.15. The molecule has 15 heavy (non-hydrogen) atoms. The fourth-order valence-corrected chi connectivity index (χ4v) is 1.25. The highest BCUT2D eigenvalue weighted by Gasteiger charge is 1.89. The highest BCUT2D eigenvalue weighted by atomic mass is 16.5. The molecule has 0 bridgehead atoms. The molecular weight excluding hydrogens is 186 g/mol. The van der Waals surface area contributed by atoms with Gasteiger partial charge in [-0.15, -0.1) is 13.2 Å². The predicted octanol–water partition coefficient (Wildman–Crippen LogP) is 2.92. The van der Waals surface area contributed by atoms with Gasteiger partial charge in [-0.05, 0) is 32.2 Å². The van der Waals surface area contributed by atoms with Crippen molar-refractivity contribution in [1.82, 2.24) is 5.32 Å². The minimum Gasteiger partial charge on any atom is -0.380 e. The Morgan fingerprint density at radius 1 is 0.867 bits per heavy atom. The van der Waals surface area contributed by atoms with Crippen LogP contribution in [0.15, 0.2) is 25.3 Å². The minimum absolute atomic E-state index is 0.796. The van der Waals surface area contributed by atoms with Crippen LogP contribution in [0, 0.1) is 0 Å². The molecule has 0 saturated carbocycles. The first kappa shape index (κ1) is 14.4. The van der Waals surface area contributed by atoms with Gasteiger partial charge in [0, 0.05) is 6.54 Å². The Labute approximate surface area is 94.4 Å². The summed E-state index contributed by atoms with van der Waals surface area (Å²) in [5, 5.41) is 3.36. The lowest BCUT2D eigenvalue weighted by atomic mass is 10.2. The number of hydrogen-bond acceptors (Lipinski definition) is 2. The molecule has 0 heterocycles. The molecule has 0 spiro atoms. The van der Waals surface area contributed by atoms with Gasteiger partial charge in [-0.25, -0.2) is 0 Å². The highest BCUT2D eigenvalue weighted by molar-refractivity contribution is 4.65. The molecule has 0 saturated heterocycles. The lowest BCUT2D eigenvalue weighted by Gasteiger charge is -2.04. The minimum atomic E-state index is 0.796. The lowest BCUT2D eigenvalue weighted by Crippen LogP contribution is -2.21. The second-order valence-electron chi connectivity index (χ2n) is 3.58. The Balaban J connectivity index is 2.86. The molecule has 0 atom stereocenters. The molecule has 2 heteroatoms. The first-order chi connectivity index (χ1) is 7.41. The van der Waals surface area contributed by atoms with Gasteiger partial charge in [0.05, 0.1) is 13.2 Å². The second kappa shape index (κ2) is 13.4. The quantitative estimate of drug-likeness (QED) is 0.396. The lowest BCUT2D eigenvalue weighted by molar-refractivity contribution is 0.140. The van der Waals surface area contributed by atoms with Gasteiger partial charge in [0.1, 0.15) is 0 Å². The third-order valence-corrected chi connectivity index (χ3v) is 2.15. The summed E-state index contributed by atoms with van der Waals surface area (Å²) < 4.78 is 5.37. The zero-order valence-corrected chi connectivity index (χ0v) is 9.84. The second-order valence-corrected chi connectivity index (χ2v) is 3.58. The molecule has 88 valence electrons. The summed E-state index contributed by atoms with van der Waals surface area (Å²) in [4.78, 5) is 0. The van der Waals surface area contributed by atoms with Crippen molar-refractivity contribution in [1.29, 1.82) is 0 Å². The summed E-state index contributed by atoms with van der Waals surface area (Å²) in [6, 6.07) is 0. The Morgan fingerprint density at radius 3 is 2.40 bits per heavy atom. The molecule has 0 aliphatic carbocycles. The maximum Gasteiger partial charge on any atom is 0.0591 e. The van der Waals surface area contributed by atoms with E-state index < -0.39 is 0 Å². The van der Waals surface area contributed by atoms with Gasteiger partial charge < -0.3 is 10.1 Å². The van der Waals surface area contributed by atoms with Gasteiger partial charge >= 0.3 is 0 Å². The monoisotopic (exact) mass is 211 g/mol. The fourth-order valence-electron chi connectivity index (χ4n) is 1.25. The van der Waals surface area contributed by atoms with Crippen LogP contribution < -0.4 is 5.32 Å². The Hall–Kier alpha value is -0.600. The maximum absolute atomic E-state index is 5.37. The van der Waals surface area contributed by atoms with Crippen LogP contribution in [0.4, 0.5) is 0 Å². The molecule has 0 rings (SSSR count). The summed E-state index contributed by atoms with van der Waals surface area (Å²) in [6.07, 6.45) is 9.76. The molecule has 1 N–H and O–H groups in total. The molecule has 0 aromatic rings. The van der Waals surface area contributed by atoms with Crippen LogP contribution in [0.2, 0.25) is 0 Å². The van der Waals surface area contributed by atoms with Crippen molar-refractivity contribution in [2.45, 2.75) is 32.1 Å². The van der Waals surface area contributed by atoms with Gasteiger partial charge in [0.2, 0.25) is 0 Å². The first-order valence-corrected chi connectivity index (χ1v) is 5.92. The smallest absolute Gasteiger partial charge is 0.0591 e. The summed E-state index contributed by atoms with van der Waals surface area (Å²) in [6.45, 7) is 11.0. The van der Waals surface area contributed by atoms with Gasteiger partial charge in [-0.3, -0.25) is 0 Å². The number of hydrogen-bond donors (Lipinski definition) is 1. The Kier molecular flexibility index (Phi) is 12.9. The fraction of sp³-hybridized carbons (Fsp3) is 0.692. The number of rotatable bonds is 12. The van der Waals surface area contributed by atoms with Crippen LogP contribution in [-0.4, -0.2) is 26.3 Å². The van der Waals surface area contributed by atoms with Crippen molar-refractivity contribution in [2.24, 2.45) is 0 Å². The van der Waals surface area contributed by atoms with Crippen molar-refractivity contribution in [3.8, 4) is 0 Å². The van der Waals surface area contributed by atoms with Crippen LogP contribution >= 0.6 is 0 Å². The standard InChI is InChI=1S/C13H25NO/c1-3-5-7-8-9-10-14-11-13-15-12-6-4-2/h3-4,14H,1-2,5-13H2. The van der Waals surface area contributed by atoms with E-state index in [0.717, 1.165) is 39.1 Å². The van der Waals surface area contributed by atoms with Crippen molar-refractivity contribution < 1.29 is 4.74 Å². The van der Waals surface area contributed by atoms with E-state index in [0.29, 0.717) is 0 Å². The Bertz CT molecular complexity index is 129. The van der Waals surface area contributed by atoms with E-state index in [1.54, 1.807) is 0 Å². The summed E-state index contributed by atoms with van der Waals surface area (Å²) in [5.74, 6) is 0. The maximum atomic E-state index is 5.37. The van der Waals surface area contributed by atoms with E-state index in [9.17, 15) is 0 Å². The average Bonchev–Trinajstić information content (AvgIpc) is 2.26. The zero-order chi connectivity index (χ0) is 11.2. The third kappa shape index (κ3) is 13.4. The van der Waals surface area contributed by atoms with Crippen LogP contribution in [0.1, 0.15) is 32.1 Å². The SMILES string of the molecule is C=CCCCCCNCCOCCC=C. The van der Waals surface area contributed by atoms with Crippen molar-refractivity contribution >= 4 is 0 Å². The summed E-state index contributed by atoms with van der Waals surface area (Å²) in [5.41, 5.74) is 0. The molecule has 0 fully saturated rings. The number of nitrogens with one attached hydrogen (secondary N) is 1. The molecule has 0 amide bonds. The van der Waals surface area contributed by atoms with Crippen molar-refractivity contribution in [2.75, 3.05) is 26.3 Å². The largest absolute Gasteiger partial charge is 0.380 e. The zero-order valence-electron chi connectivity index (χ0n) is 9.84. The van der Waals surface area contributed by atoms with Gasteiger partial charge in [0.25, 0.3) is 0 Å². The van der Waals surface area contributed by atoms with Gasteiger partial charge in [-0.2, -0.15) is 0 Å². The Morgan fingerprint density at radius 2 is 1.67 bits per heavy atom. The van der Waals surface area contributed by atoms with E-state index >= 15 is 0 Å². The molecule has 0 unspecified atom stereocenters. The molecule has 0 aromatic heterocycles. The van der Waals surface area contributed by atoms with E-state index in [4.69, 9.17) is 4.74 Å². The summed E-state index contributed by atoms with van der Waals surface area (Å²) in [7, 11) is 0. The van der Waals surface area contributed by atoms with Crippen LogP contribution in [0.3, 0.4) is 0 Å². The van der Waals surface area contributed by atoms with E-state index in [2.05, 4.69) is 18.5 Å². The number of allylic oxidation sites excluding steroid dienone is 1. The molecule has 0 aliphatic heterocycles. The molecule has 0 aliphatic rings. The van der Waals surface area contributed by atoms with Crippen LogP contribution in [0.25, 0.3) is 0 Å². The van der Waals surface area contributed by atoms with Gasteiger partial charge in [-0.1, -0.05) is 18.6 Å². The summed E-state index contributed by atoms with van der Waals surface area (Å²) >= 11 is 0. The van der Waals surface area contributed by atoms with E-state index in [1.165, 1.54) is 19.3 Å². The van der Waals surface area contributed by atoms with Crippen molar-refractivity contribution in [3.05, 3.63) is 25.3 Å². The molecule has 0 aromatic carbocycles. The first-order valence-electron chi connectivity index (χ1n) is 5.92. The molecule has 2 nitrogen and oxygen atoms in total. The van der Waals surface area contributed by atoms with Crippen molar-refractivity contribution in [3.63, 3.8) is 0 Å². The van der Waals surface area contributed by atoms with Crippen LogP contribution in [0.5, 0.6) is 0 Å². The normalized spacial score (nSPS) is 10.1. The number of unbranched alkanes of at least 4 members (excludes halogenated alkanes) is 3.